The van der Waals surface area contributed by atoms with Gasteiger partial charge in [0.25, 0.3) is 5.91 Å². The van der Waals surface area contributed by atoms with Crippen LogP contribution in [0.25, 0.3) is 10.8 Å². The molecule has 0 bridgehead atoms. The summed E-state index contributed by atoms with van der Waals surface area (Å²) in [6.07, 6.45) is 1.42. The lowest BCUT2D eigenvalue weighted by atomic mass is 10.0. The number of phenols is 1. The third-order valence-corrected chi connectivity index (χ3v) is 4.25. The number of nitrogens with zero attached hydrogens (tertiary/aromatic N) is 1. The molecule has 0 aromatic heterocycles. The van der Waals surface area contributed by atoms with Gasteiger partial charge in [0.15, 0.2) is 6.61 Å². The zero-order chi connectivity index (χ0) is 18.5. The topological polar surface area (TPSA) is 70.9 Å². The van der Waals surface area contributed by atoms with Gasteiger partial charge in [-0.25, -0.2) is 5.43 Å². The van der Waals surface area contributed by atoms with Gasteiger partial charge in [0.05, 0.1) is 6.21 Å². The highest BCUT2D eigenvalue weighted by molar-refractivity contribution is 6.31. The first-order chi connectivity index (χ1) is 12.5. The standard InChI is InChI=1S/C20H17ClN2O3/c1-13-10-15(7-8-18(13)21)26-12-20(25)23-22-11-17-16-5-3-2-4-14(16)6-9-19(17)24/h2-11,24H,12H2,1H3,(H,23,25). The normalized spacial score (nSPS) is 11.0. The van der Waals surface area contributed by atoms with Gasteiger partial charge in [0.2, 0.25) is 0 Å². The van der Waals surface area contributed by atoms with Crippen molar-refractivity contribution in [2.75, 3.05) is 6.61 Å². The van der Waals surface area contributed by atoms with Crippen LogP contribution in [0, 0.1) is 6.92 Å². The zero-order valence-electron chi connectivity index (χ0n) is 14.1. The molecule has 0 spiro atoms. The van der Waals surface area contributed by atoms with Gasteiger partial charge >= 0.3 is 0 Å². The molecule has 3 aromatic carbocycles. The van der Waals surface area contributed by atoms with Gasteiger partial charge in [-0.05, 0) is 47.5 Å². The van der Waals surface area contributed by atoms with E-state index in [1.54, 1.807) is 24.3 Å². The van der Waals surface area contributed by atoms with E-state index in [9.17, 15) is 9.90 Å². The Morgan fingerprint density at radius 2 is 2.04 bits per heavy atom. The van der Waals surface area contributed by atoms with Crippen LogP contribution in [-0.2, 0) is 4.79 Å². The highest BCUT2D eigenvalue weighted by Crippen LogP contribution is 2.25. The predicted octanol–water partition coefficient (Wildman–Crippen LogP) is 4.04. The number of aromatic hydroxyl groups is 1. The van der Waals surface area contributed by atoms with Crippen molar-refractivity contribution in [1.29, 1.82) is 0 Å². The molecule has 0 saturated heterocycles. The first-order valence-electron chi connectivity index (χ1n) is 7.96. The molecule has 0 unspecified atom stereocenters. The van der Waals surface area contributed by atoms with Crippen LogP contribution in [0.1, 0.15) is 11.1 Å². The molecule has 2 N–H and O–H groups in total. The summed E-state index contributed by atoms with van der Waals surface area (Å²) in [6, 6.07) is 16.2. The van der Waals surface area contributed by atoms with Crippen LogP contribution in [0.3, 0.4) is 0 Å². The highest BCUT2D eigenvalue weighted by Gasteiger charge is 2.06. The number of hydrogen-bond acceptors (Lipinski definition) is 4. The lowest BCUT2D eigenvalue weighted by molar-refractivity contribution is -0.123. The Kier molecular flexibility index (Phi) is 5.39. The van der Waals surface area contributed by atoms with Crippen molar-refractivity contribution >= 4 is 34.5 Å². The smallest absolute Gasteiger partial charge is 0.277 e. The largest absolute Gasteiger partial charge is 0.507 e. The number of ether oxygens (including phenoxy) is 1. The minimum Gasteiger partial charge on any atom is -0.507 e. The predicted molar refractivity (Wildman–Crippen MR) is 103 cm³/mol. The minimum absolute atomic E-state index is 0.0922. The third-order valence-electron chi connectivity index (χ3n) is 3.83. The summed E-state index contributed by atoms with van der Waals surface area (Å²) >= 11 is 5.95. The summed E-state index contributed by atoms with van der Waals surface area (Å²) < 4.78 is 5.41. The van der Waals surface area contributed by atoms with E-state index in [1.807, 2.05) is 37.3 Å². The molecular weight excluding hydrogens is 352 g/mol. The van der Waals surface area contributed by atoms with E-state index < -0.39 is 5.91 Å². The van der Waals surface area contributed by atoms with Gasteiger partial charge in [-0.15, -0.1) is 0 Å². The second-order valence-electron chi connectivity index (χ2n) is 5.71. The average Bonchev–Trinajstić information content (AvgIpc) is 2.64. The zero-order valence-corrected chi connectivity index (χ0v) is 14.8. The van der Waals surface area contributed by atoms with Gasteiger partial charge in [-0.2, -0.15) is 5.10 Å². The number of phenolic OH excluding ortho intramolecular Hbond substituents is 1. The number of fused-ring (bicyclic) bond motifs is 1. The summed E-state index contributed by atoms with van der Waals surface area (Å²) in [7, 11) is 0. The van der Waals surface area contributed by atoms with Gasteiger partial charge < -0.3 is 9.84 Å². The van der Waals surface area contributed by atoms with Crippen molar-refractivity contribution in [3.63, 3.8) is 0 Å². The van der Waals surface area contributed by atoms with Crippen LogP contribution in [0.15, 0.2) is 59.7 Å². The van der Waals surface area contributed by atoms with Crippen LogP contribution in [0.2, 0.25) is 5.02 Å². The Hall–Kier alpha value is -3.05. The third kappa shape index (κ3) is 4.13. The molecule has 0 radical (unpaired) electrons. The van der Waals surface area contributed by atoms with Crippen molar-refractivity contribution in [2.24, 2.45) is 5.10 Å². The molecule has 0 aliphatic rings. The molecule has 0 fully saturated rings. The molecule has 5 nitrogen and oxygen atoms in total. The molecule has 0 saturated carbocycles. The second kappa shape index (κ2) is 7.89. The van der Waals surface area contributed by atoms with Gasteiger partial charge in [0.1, 0.15) is 11.5 Å². The Balaban J connectivity index is 1.62. The van der Waals surface area contributed by atoms with Crippen LogP contribution in [-0.4, -0.2) is 23.8 Å². The molecular formula is C20H17ClN2O3. The quantitative estimate of drug-likeness (QED) is 0.527. The number of hydrazone groups is 1. The molecule has 0 heterocycles. The van der Waals surface area contributed by atoms with Crippen LogP contribution in [0.4, 0.5) is 0 Å². The van der Waals surface area contributed by atoms with Crippen molar-refractivity contribution in [1.82, 2.24) is 5.43 Å². The summed E-state index contributed by atoms with van der Waals surface area (Å²) in [5, 5.41) is 16.4. The Labute approximate surface area is 155 Å². The van der Waals surface area contributed by atoms with Crippen molar-refractivity contribution in [3.05, 3.63) is 70.7 Å². The number of carbonyl (C=O) groups excluding carboxylic acids is 1. The van der Waals surface area contributed by atoms with E-state index >= 15 is 0 Å². The number of benzene rings is 3. The average molecular weight is 369 g/mol. The maximum atomic E-state index is 11.9. The number of halogens is 1. The van der Waals surface area contributed by atoms with Crippen molar-refractivity contribution in [3.8, 4) is 11.5 Å². The van der Waals surface area contributed by atoms with E-state index in [1.165, 1.54) is 6.21 Å². The minimum atomic E-state index is -0.409. The number of rotatable bonds is 5. The SMILES string of the molecule is Cc1cc(OCC(=O)NN=Cc2c(O)ccc3ccccc23)ccc1Cl. The van der Waals surface area contributed by atoms with Crippen LogP contribution >= 0.6 is 11.6 Å². The fourth-order valence-electron chi connectivity index (χ4n) is 2.48. The second-order valence-corrected chi connectivity index (χ2v) is 6.12. The summed E-state index contributed by atoms with van der Waals surface area (Å²) in [5.74, 6) is 0.237. The molecule has 0 aliphatic carbocycles. The van der Waals surface area contributed by atoms with Crippen molar-refractivity contribution < 1.29 is 14.6 Å². The highest BCUT2D eigenvalue weighted by atomic mass is 35.5. The Morgan fingerprint density at radius 3 is 2.85 bits per heavy atom. The van der Waals surface area contributed by atoms with Gasteiger partial charge in [-0.1, -0.05) is 41.9 Å². The molecule has 3 aromatic rings. The monoisotopic (exact) mass is 368 g/mol. The fraction of sp³-hybridized carbons (Fsp3) is 0.100. The first-order valence-corrected chi connectivity index (χ1v) is 8.34. The van der Waals surface area contributed by atoms with Gasteiger partial charge in [-0.3, -0.25) is 4.79 Å². The van der Waals surface area contributed by atoms with Crippen LogP contribution < -0.4 is 10.2 Å². The number of aryl methyl sites for hydroxylation is 1. The van der Waals surface area contributed by atoms with Crippen LogP contribution in [0.5, 0.6) is 11.5 Å². The summed E-state index contributed by atoms with van der Waals surface area (Å²) in [5.41, 5.74) is 3.80. The summed E-state index contributed by atoms with van der Waals surface area (Å²) in [6.45, 7) is 1.68. The maximum Gasteiger partial charge on any atom is 0.277 e. The number of amides is 1. The number of hydrogen-bond donors (Lipinski definition) is 2. The Bertz CT molecular complexity index is 986. The molecule has 26 heavy (non-hydrogen) atoms. The first kappa shape index (κ1) is 17.8. The lowest BCUT2D eigenvalue weighted by Gasteiger charge is -2.07. The molecule has 6 heteroatoms. The van der Waals surface area contributed by atoms with E-state index in [0.717, 1.165) is 16.3 Å². The Morgan fingerprint density at radius 1 is 1.23 bits per heavy atom. The number of nitrogens with one attached hydrogen (secondary N) is 1. The lowest BCUT2D eigenvalue weighted by Crippen LogP contribution is -2.24. The molecule has 0 atom stereocenters. The summed E-state index contributed by atoms with van der Waals surface area (Å²) in [4.78, 5) is 11.9. The van der Waals surface area contributed by atoms with E-state index in [-0.39, 0.29) is 12.4 Å². The fourth-order valence-corrected chi connectivity index (χ4v) is 2.59. The van der Waals surface area contributed by atoms with E-state index in [4.69, 9.17) is 16.3 Å². The molecule has 3 rings (SSSR count). The molecule has 0 aliphatic heterocycles. The maximum absolute atomic E-state index is 11.9. The molecule has 132 valence electrons. The van der Waals surface area contributed by atoms with Gasteiger partial charge in [0, 0.05) is 10.6 Å². The van der Waals surface area contributed by atoms with Crippen molar-refractivity contribution in [2.45, 2.75) is 6.92 Å². The number of carbonyl (C=O) groups is 1. The van der Waals surface area contributed by atoms with E-state index in [2.05, 4.69) is 10.5 Å². The van der Waals surface area contributed by atoms with E-state index in [0.29, 0.717) is 16.3 Å². The molecule has 1 amide bonds.